The maximum absolute atomic E-state index is 12.3. The van der Waals surface area contributed by atoms with E-state index >= 15 is 0 Å². The van der Waals surface area contributed by atoms with Gasteiger partial charge in [-0.3, -0.25) is 10.1 Å². The number of hydrogen-bond acceptors (Lipinski definition) is 6. The van der Waals surface area contributed by atoms with Crippen LogP contribution in [-0.4, -0.2) is 31.6 Å². The van der Waals surface area contributed by atoms with Gasteiger partial charge in [0.2, 0.25) is 15.2 Å². The first-order valence-electron chi connectivity index (χ1n) is 6.82. The molecule has 0 saturated carbocycles. The molecule has 0 radical (unpaired) electrons. The molecule has 124 valence electrons. The van der Waals surface area contributed by atoms with Crippen molar-refractivity contribution >= 4 is 32.4 Å². The number of carbonyl (C=O) groups excluding carboxylic acids is 1. The van der Waals surface area contributed by atoms with Gasteiger partial charge in [-0.15, -0.1) is 10.2 Å². The van der Waals surface area contributed by atoms with E-state index in [2.05, 4.69) is 20.2 Å². The molecule has 23 heavy (non-hydrogen) atoms. The first-order chi connectivity index (χ1) is 10.6. The van der Waals surface area contributed by atoms with Crippen LogP contribution in [0.4, 0.5) is 5.13 Å². The Morgan fingerprint density at radius 2 is 1.91 bits per heavy atom. The summed E-state index contributed by atoms with van der Waals surface area (Å²) < 4.78 is 25.8. The van der Waals surface area contributed by atoms with Crippen LogP contribution in [0.1, 0.15) is 36.1 Å². The topological polar surface area (TPSA) is 101 Å². The molecule has 1 amide bonds. The van der Waals surface area contributed by atoms with Crippen molar-refractivity contribution in [3.05, 3.63) is 34.8 Å². The second-order valence-electron chi connectivity index (χ2n) is 5.85. The smallest absolute Gasteiger partial charge is 0.257 e. The van der Waals surface area contributed by atoms with Gasteiger partial charge in [-0.25, -0.2) is 13.1 Å². The van der Waals surface area contributed by atoms with Crippen LogP contribution in [0.5, 0.6) is 0 Å². The number of hydrogen-bond donors (Lipinski definition) is 2. The molecule has 7 nitrogen and oxygen atoms in total. The maximum atomic E-state index is 12.3. The summed E-state index contributed by atoms with van der Waals surface area (Å²) in [5, 5.41) is 11.8. The quantitative estimate of drug-likeness (QED) is 0.874. The molecule has 0 aliphatic carbocycles. The van der Waals surface area contributed by atoms with E-state index in [1.165, 1.54) is 42.6 Å². The number of aromatic nitrogens is 2. The highest BCUT2D eigenvalue weighted by Crippen LogP contribution is 2.27. The molecule has 1 aromatic carbocycles. The molecule has 0 saturated heterocycles. The predicted molar refractivity (Wildman–Crippen MR) is 89.2 cm³/mol. The Balaban J connectivity index is 2.22. The van der Waals surface area contributed by atoms with Crippen LogP contribution >= 0.6 is 11.3 Å². The van der Waals surface area contributed by atoms with Gasteiger partial charge in [0.25, 0.3) is 5.91 Å². The molecule has 0 bridgehead atoms. The van der Waals surface area contributed by atoms with E-state index < -0.39 is 15.9 Å². The molecule has 2 aromatic rings. The zero-order valence-electron chi connectivity index (χ0n) is 13.2. The summed E-state index contributed by atoms with van der Waals surface area (Å²) in [5.74, 6) is -0.435. The molecule has 0 spiro atoms. The lowest BCUT2D eigenvalue weighted by Gasteiger charge is -2.12. The van der Waals surface area contributed by atoms with E-state index in [0.717, 1.165) is 5.01 Å². The summed E-state index contributed by atoms with van der Waals surface area (Å²) in [5.41, 5.74) is 0.0790. The van der Waals surface area contributed by atoms with Crippen LogP contribution in [0.2, 0.25) is 0 Å². The second-order valence-corrected chi connectivity index (χ2v) is 8.72. The van der Waals surface area contributed by atoms with Crippen molar-refractivity contribution < 1.29 is 13.2 Å². The largest absolute Gasteiger partial charge is 0.296 e. The number of anilines is 1. The summed E-state index contributed by atoms with van der Waals surface area (Å²) >= 11 is 1.29. The summed E-state index contributed by atoms with van der Waals surface area (Å²) in [7, 11) is -2.28. The lowest BCUT2D eigenvalue weighted by molar-refractivity contribution is 0.102. The van der Waals surface area contributed by atoms with Gasteiger partial charge in [-0.2, -0.15) is 0 Å². The van der Waals surface area contributed by atoms with E-state index in [1.54, 1.807) is 0 Å². The van der Waals surface area contributed by atoms with Crippen LogP contribution in [-0.2, 0) is 15.4 Å². The fourth-order valence-corrected chi connectivity index (χ4v) is 3.24. The van der Waals surface area contributed by atoms with Crippen molar-refractivity contribution in [2.24, 2.45) is 0 Å². The Kier molecular flexibility index (Phi) is 4.83. The molecular weight excluding hydrogens is 336 g/mol. The van der Waals surface area contributed by atoms with Crippen molar-refractivity contribution in [1.82, 2.24) is 14.9 Å². The van der Waals surface area contributed by atoms with Gasteiger partial charge in [0.05, 0.1) is 4.90 Å². The van der Waals surface area contributed by atoms with Crippen molar-refractivity contribution in [2.75, 3.05) is 12.4 Å². The highest BCUT2D eigenvalue weighted by atomic mass is 32.2. The zero-order chi connectivity index (χ0) is 17.3. The average molecular weight is 354 g/mol. The minimum Gasteiger partial charge on any atom is -0.296 e. The normalized spacial score (nSPS) is 12.2. The molecular formula is C14H18N4O3S2. The Hall–Kier alpha value is -1.84. The SMILES string of the molecule is CNS(=O)(=O)c1cccc(C(=O)Nc2nnc(C(C)(C)C)s2)c1. The Morgan fingerprint density at radius 1 is 1.22 bits per heavy atom. The lowest BCUT2D eigenvalue weighted by Crippen LogP contribution is -2.19. The van der Waals surface area contributed by atoms with E-state index in [-0.39, 0.29) is 15.9 Å². The fraction of sp³-hybridized carbons (Fsp3) is 0.357. The lowest BCUT2D eigenvalue weighted by atomic mass is 9.98. The second kappa shape index (κ2) is 6.34. The molecule has 0 fully saturated rings. The molecule has 2 N–H and O–H groups in total. The predicted octanol–water partition coefficient (Wildman–Crippen LogP) is 2.00. The molecule has 9 heteroatoms. The first-order valence-corrected chi connectivity index (χ1v) is 9.12. The van der Waals surface area contributed by atoms with E-state index in [9.17, 15) is 13.2 Å². The third kappa shape index (κ3) is 4.12. The maximum Gasteiger partial charge on any atom is 0.257 e. The number of carbonyl (C=O) groups is 1. The third-order valence-corrected chi connectivity index (χ3v) is 5.64. The van der Waals surface area contributed by atoms with Gasteiger partial charge in [0.15, 0.2) is 0 Å². The number of nitrogens with zero attached hydrogens (tertiary/aromatic N) is 2. The van der Waals surface area contributed by atoms with Crippen molar-refractivity contribution in [1.29, 1.82) is 0 Å². The van der Waals surface area contributed by atoms with Crippen LogP contribution in [0, 0.1) is 0 Å². The first kappa shape index (κ1) is 17.5. The number of nitrogens with one attached hydrogen (secondary N) is 2. The number of rotatable bonds is 4. The van der Waals surface area contributed by atoms with Gasteiger partial charge in [0.1, 0.15) is 5.01 Å². The van der Waals surface area contributed by atoms with Gasteiger partial charge in [0, 0.05) is 11.0 Å². The van der Waals surface area contributed by atoms with Crippen LogP contribution in [0.3, 0.4) is 0 Å². The summed E-state index contributed by atoms with van der Waals surface area (Å²) in [4.78, 5) is 12.3. The van der Waals surface area contributed by atoms with Crippen LogP contribution < -0.4 is 10.0 Å². The molecule has 2 rings (SSSR count). The summed E-state index contributed by atoms with van der Waals surface area (Å²) in [6, 6.07) is 5.79. The van der Waals surface area contributed by atoms with Crippen LogP contribution in [0.25, 0.3) is 0 Å². The van der Waals surface area contributed by atoms with Crippen molar-refractivity contribution in [3.8, 4) is 0 Å². The minimum atomic E-state index is -3.60. The number of amides is 1. The average Bonchev–Trinajstić information content (AvgIpc) is 2.96. The standard InChI is InChI=1S/C14H18N4O3S2/c1-14(2,3)12-17-18-13(22-12)16-11(19)9-6-5-7-10(8-9)23(20,21)15-4/h5-8,15H,1-4H3,(H,16,18,19). The van der Waals surface area contributed by atoms with E-state index in [0.29, 0.717) is 5.13 Å². The fourth-order valence-electron chi connectivity index (χ4n) is 1.67. The zero-order valence-corrected chi connectivity index (χ0v) is 14.9. The van der Waals surface area contributed by atoms with E-state index in [1.807, 2.05) is 20.8 Å². The number of benzene rings is 1. The molecule has 1 heterocycles. The Morgan fingerprint density at radius 3 is 2.48 bits per heavy atom. The highest BCUT2D eigenvalue weighted by molar-refractivity contribution is 7.89. The Bertz CT molecular complexity index is 823. The summed E-state index contributed by atoms with van der Waals surface area (Å²) in [6.07, 6.45) is 0. The Labute approximate surface area is 139 Å². The van der Waals surface area contributed by atoms with Gasteiger partial charge in [-0.05, 0) is 25.2 Å². The van der Waals surface area contributed by atoms with Gasteiger partial charge in [-0.1, -0.05) is 38.2 Å². The number of sulfonamides is 1. The molecule has 0 aliphatic rings. The molecule has 0 atom stereocenters. The van der Waals surface area contributed by atoms with Crippen LogP contribution in [0.15, 0.2) is 29.2 Å². The molecule has 0 unspecified atom stereocenters. The third-order valence-electron chi connectivity index (χ3n) is 2.96. The molecule has 1 aromatic heterocycles. The minimum absolute atomic E-state index is 0.0281. The van der Waals surface area contributed by atoms with Crippen molar-refractivity contribution in [3.63, 3.8) is 0 Å². The van der Waals surface area contributed by atoms with E-state index in [4.69, 9.17) is 0 Å². The molecule has 0 aliphatic heterocycles. The van der Waals surface area contributed by atoms with Gasteiger partial charge >= 0.3 is 0 Å². The summed E-state index contributed by atoms with van der Waals surface area (Å²) in [6.45, 7) is 6.02. The van der Waals surface area contributed by atoms with Gasteiger partial charge < -0.3 is 0 Å². The van der Waals surface area contributed by atoms with Crippen molar-refractivity contribution in [2.45, 2.75) is 31.1 Å². The highest BCUT2D eigenvalue weighted by Gasteiger charge is 2.20. The monoisotopic (exact) mass is 354 g/mol.